The zero-order valence-corrected chi connectivity index (χ0v) is 7.12. The van der Waals surface area contributed by atoms with E-state index in [0.29, 0.717) is 5.41 Å². The second-order valence-electron chi connectivity index (χ2n) is 3.44. The van der Waals surface area contributed by atoms with Crippen LogP contribution in [0.25, 0.3) is 0 Å². The molecule has 0 spiro atoms. The molecule has 0 aromatic carbocycles. The first-order valence-electron chi connectivity index (χ1n) is 4.09. The van der Waals surface area contributed by atoms with Crippen molar-refractivity contribution in [3.63, 3.8) is 0 Å². The normalized spacial score (nSPS) is 19.4. The fourth-order valence-corrected chi connectivity index (χ4v) is 1.45. The lowest BCUT2D eigenvalue weighted by molar-refractivity contribution is 0.135. The van der Waals surface area contributed by atoms with Crippen LogP contribution in [0.1, 0.15) is 18.7 Å². The molecule has 0 aliphatic heterocycles. The highest BCUT2D eigenvalue weighted by molar-refractivity contribution is 4.99. The Morgan fingerprint density at radius 2 is 2.50 bits per heavy atom. The van der Waals surface area contributed by atoms with Crippen LogP contribution in [0.2, 0.25) is 0 Å². The smallest absolute Gasteiger partial charge is 0.226 e. The van der Waals surface area contributed by atoms with Crippen LogP contribution in [0, 0.1) is 5.41 Å². The van der Waals surface area contributed by atoms with E-state index in [4.69, 9.17) is 9.26 Å². The van der Waals surface area contributed by atoms with Gasteiger partial charge in [-0.15, -0.1) is 0 Å². The quantitative estimate of drug-likeness (QED) is 0.674. The average molecular weight is 168 g/mol. The van der Waals surface area contributed by atoms with Crippen LogP contribution in [-0.4, -0.2) is 23.9 Å². The second-order valence-corrected chi connectivity index (χ2v) is 3.44. The largest absolute Gasteiger partial charge is 0.384 e. The molecule has 1 saturated carbocycles. The van der Waals surface area contributed by atoms with Gasteiger partial charge in [0.1, 0.15) is 0 Å². The number of ether oxygens (including phenoxy) is 1. The first-order valence-corrected chi connectivity index (χ1v) is 4.09. The lowest BCUT2D eigenvalue weighted by Gasteiger charge is -2.09. The van der Waals surface area contributed by atoms with E-state index >= 15 is 0 Å². The molecule has 66 valence electrons. The summed E-state index contributed by atoms with van der Waals surface area (Å²) in [4.78, 5) is 3.99. The highest BCUT2D eigenvalue weighted by Gasteiger charge is 2.43. The van der Waals surface area contributed by atoms with Crippen molar-refractivity contribution in [1.82, 2.24) is 10.1 Å². The van der Waals surface area contributed by atoms with E-state index in [1.165, 1.54) is 19.2 Å². The van der Waals surface area contributed by atoms with Gasteiger partial charge in [-0.3, -0.25) is 0 Å². The molecule has 0 atom stereocenters. The van der Waals surface area contributed by atoms with E-state index in [9.17, 15) is 0 Å². The predicted octanol–water partition coefficient (Wildman–Crippen LogP) is 1.04. The summed E-state index contributed by atoms with van der Waals surface area (Å²) < 4.78 is 10.1. The Morgan fingerprint density at radius 3 is 3.00 bits per heavy atom. The first kappa shape index (κ1) is 7.73. The zero-order valence-electron chi connectivity index (χ0n) is 7.12. The number of rotatable bonds is 4. The third-order valence-electron chi connectivity index (χ3n) is 2.34. The maximum absolute atomic E-state index is 5.13. The summed E-state index contributed by atoms with van der Waals surface area (Å²) >= 11 is 0. The van der Waals surface area contributed by atoms with Gasteiger partial charge in [0.15, 0.2) is 6.33 Å². The topological polar surface area (TPSA) is 48.2 Å². The van der Waals surface area contributed by atoms with Gasteiger partial charge in [0, 0.05) is 18.9 Å². The monoisotopic (exact) mass is 168 g/mol. The molecule has 0 saturated heterocycles. The molecule has 0 unspecified atom stereocenters. The maximum atomic E-state index is 5.13. The van der Waals surface area contributed by atoms with Crippen LogP contribution in [0.5, 0.6) is 0 Å². The molecule has 0 bridgehead atoms. The lowest BCUT2D eigenvalue weighted by atomic mass is 10.0. The summed E-state index contributed by atoms with van der Waals surface area (Å²) in [5.41, 5.74) is 0.307. The molecule has 0 N–H and O–H groups in total. The van der Waals surface area contributed by atoms with E-state index < -0.39 is 0 Å². The molecule has 4 heteroatoms. The van der Waals surface area contributed by atoms with Gasteiger partial charge < -0.3 is 9.26 Å². The summed E-state index contributed by atoms with van der Waals surface area (Å²) in [6.07, 6.45) is 4.73. The molecule has 1 aliphatic carbocycles. The number of hydrogen-bond acceptors (Lipinski definition) is 4. The Balaban J connectivity index is 1.94. The SMILES string of the molecule is COCC1(Cc2ncno2)CC1. The summed E-state index contributed by atoms with van der Waals surface area (Å²) in [5.74, 6) is 0.726. The fourth-order valence-electron chi connectivity index (χ4n) is 1.45. The molecule has 1 heterocycles. The van der Waals surface area contributed by atoms with E-state index in [1.807, 2.05) is 0 Å². The first-order chi connectivity index (χ1) is 5.85. The number of aromatic nitrogens is 2. The Morgan fingerprint density at radius 1 is 1.67 bits per heavy atom. The van der Waals surface area contributed by atoms with Gasteiger partial charge in [-0.1, -0.05) is 5.16 Å². The van der Waals surface area contributed by atoms with Gasteiger partial charge in [-0.2, -0.15) is 4.98 Å². The van der Waals surface area contributed by atoms with Crippen molar-refractivity contribution in [3.05, 3.63) is 12.2 Å². The Hall–Kier alpha value is -0.900. The zero-order chi connectivity index (χ0) is 8.44. The van der Waals surface area contributed by atoms with Crippen molar-refractivity contribution < 1.29 is 9.26 Å². The van der Waals surface area contributed by atoms with Crippen LogP contribution in [0.15, 0.2) is 10.9 Å². The molecule has 4 nitrogen and oxygen atoms in total. The van der Waals surface area contributed by atoms with Gasteiger partial charge in [0.2, 0.25) is 5.89 Å². The molecular formula is C8H12N2O2. The predicted molar refractivity (Wildman–Crippen MR) is 41.5 cm³/mol. The van der Waals surface area contributed by atoms with Crippen molar-refractivity contribution in [2.45, 2.75) is 19.3 Å². The fraction of sp³-hybridized carbons (Fsp3) is 0.750. The maximum Gasteiger partial charge on any atom is 0.226 e. The summed E-state index contributed by atoms with van der Waals surface area (Å²) in [6, 6.07) is 0. The molecule has 1 aliphatic rings. The van der Waals surface area contributed by atoms with Crippen molar-refractivity contribution in [2.75, 3.05) is 13.7 Å². The van der Waals surface area contributed by atoms with Crippen LogP contribution in [0.4, 0.5) is 0 Å². The van der Waals surface area contributed by atoms with Crippen LogP contribution >= 0.6 is 0 Å². The van der Waals surface area contributed by atoms with Crippen molar-refractivity contribution in [3.8, 4) is 0 Å². The van der Waals surface area contributed by atoms with E-state index in [1.54, 1.807) is 7.11 Å². The summed E-state index contributed by atoms with van der Waals surface area (Å²) in [7, 11) is 1.73. The Kier molecular flexibility index (Phi) is 1.84. The molecule has 1 aromatic heterocycles. The molecule has 1 fully saturated rings. The number of hydrogen-bond donors (Lipinski definition) is 0. The molecule has 0 radical (unpaired) electrons. The molecule has 12 heavy (non-hydrogen) atoms. The van der Waals surface area contributed by atoms with Crippen molar-refractivity contribution >= 4 is 0 Å². The highest BCUT2D eigenvalue weighted by Crippen LogP contribution is 2.48. The van der Waals surface area contributed by atoms with Crippen molar-refractivity contribution in [2.24, 2.45) is 5.41 Å². The van der Waals surface area contributed by atoms with Gasteiger partial charge >= 0.3 is 0 Å². The third kappa shape index (κ3) is 1.48. The standard InChI is InChI=1S/C8H12N2O2/c1-11-5-8(2-3-8)4-7-9-6-10-12-7/h6H,2-5H2,1H3. The van der Waals surface area contributed by atoms with Crippen LogP contribution in [-0.2, 0) is 11.2 Å². The average Bonchev–Trinajstić information content (AvgIpc) is 2.63. The van der Waals surface area contributed by atoms with E-state index in [0.717, 1.165) is 18.9 Å². The number of nitrogens with zero attached hydrogens (tertiary/aromatic N) is 2. The highest BCUT2D eigenvalue weighted by atomic mass is 16.5. The van der Waals surface area contributed by atoms with Gasteiger partial charge in [0.25, 0.3) is 0 Å². The van der Waals surface area contributed by atoms with Gasteiger partial charge in [0.05, 0.1) is 6.61 Å². The van der Waals surface area contributed by atoms with Crippen molar-refractivity contribution in [1.29, 1.82) is 0 Å². The van der Waals surface area contributed by atoms with E-state index in [-0.39, 0.29) is 0 Å². The Bertz CT molecular complexity index is 242. The lowest BCUT2D eigenvalue weighted by Crippen LogP contribution is -2.12. The molecule has 2 rings (SSSR count). The second kappa shape index (κ2) is 2.86. The van der Waals surface area contributed by atoms with Gasteiger partial charge in [-0.25, -0.2) is 0 Å². The van der Waals surface area contributed by atoms with E-state index in [2.05, 4.69) is 10.1 Å². The van der Waals surface area contributed by atoms with Crippen LogP contribution < -0.4 is 0 Å². The minimum absolute atomic E-state index is 0.307. The summed E-state index contributed by atoms with van der Waals surface area (Å²) in [6.45, 7) is 0.801. The minimum Gasteiger partial charge on any atom is -0.384 e. The Labute approximate surface area is 70.9 Å². The number of methoxy groups -OCH3 is 1. The van der Waals surface area contributed by atoms with Gasteiger partial charge in [-0.05, 0) is 12.8 Å². The van der Waals surface area contributed by atoms with Crippen LogP contribution in [0.3, 0.4) is 0 Å². The summed E-state index contributed by atoms with van der Waals surface area (Å²) in [5, 5.41) is 3.57. The molecule has 1 aromatic rings. The minimum atomic E-state index is 0.307. The molecule has 0 amide bonds. The third-order valence-corrected chi connectivity index (χ3v) is 2.34. The molecular weight excluding hydrogens is 156 g/mol.